The molecule has 26 heavy (non-hydrogen) atoms. The van der Waals surface area contributed by atoms with Gasteiger partial charge < -0.3 is 19.6 Å². The molecule has 0 fully saturated rings. The molecule has 0 bridgehead atoms. The van der Waals surface area contributed by atoms with Crippen molar-refractivity contribution in [3.8, 4) is 17.1 Å². The number of ether oxygens (including phenoxy) is 2. The Kier molecular flexibility index (Phi) is 4.37. The summed E-state index contributed by atoms with van der Waals surface area (Å²) in [5, 5.41) is 10.8. The SMILES string of the molecule is O=[N+]([O-])c1cn2c(n1)OC[C@H](OCc1ccc(-c3ccccc3)cc1)C2. The van der Waals surface area contributed by atoms with Crippen molar-refractivity contribution in [1.29, 1.82) is 0 Å². The summed E-state index contributed by atoms with van der Waals surface area (Å²) in [5.41, 5.74) is 3.40. The van der Waals surface area contributed by atoms with E-state index >= 15 is 0 Å². The Balaban J connectivity index is 1.36. The fourth-order valence-electron chi connectivity index (χ4n) is 2.90. The van der Waals surface area contributed by atoms with Crippen LogP contribution >= 0.6 is 0 Å². The lowest BCUT2D eigenvalue weighted by Gasteiger charge is -2.22. The Bertz CT molecular complexity index is 906. The smallest absolute Gasteiger partial charge is 0.414 e. The molecule has 1 atom stereocenters. The molecule has 0 saturated carbocycles. The first-order chi connectivity index (χ1) is 12.7. The molecule has 1 aromatic heterocycles. The number of nitro groups is 1. The van der Waals surface area contributed by atoms with Crippen LogP contribution in [-0.2, 0) is 17.9 Å². The topological polar surface area (TPSA) is 79.4 Å². The van der Waals surface area contributed by atoms with Crippen LogP contribution in [-0.4, -0.2) is 27.2 Å². The summed E-state index contributed by atoms with van der Waals surface area (Å²) in [6.07, 6.45) is 1.20. The summed E-state index contributed by atoms with van der Waals surface area (Å²) in [7, 11) is 0. The van der Waals surface area contributed by atoms with E-state index in [4.69, 9.17) is 9.47 Å². The molecule has 1 aliphatic rings. The molecule has 0 aliphatic carbocycles. The van der Waals surface area contributed by atoms with Gasteiger partial charge >= 0.3 is 11.8 Å². The highest BCUT2D eigenvalue weighted by atomic mass is 16.6. The summed E-state index contributed by atoms with van der Waals surface area (Å²) >= 11 is 0. The molecule has 1 aliphatic heterocycles. The van der Waals surface area contributed by atoms with Gasteiger partial charge in [0.15, 0.2) is 0 Å². The van der Waals surface area contributed by atoms with Crippen molar-refractivity contribution in [1.82, 2.24) is 9.55 Å². The standard InChI is InChI=1S/C19H17N3O4/c23-22(24)18-11-21-10-17(13-26-19(21)20-18)25-12-14-6-8-16(9-7-14)15-4-2-1-3-5-15/h1-9,11,17H,10,12-13H2/t17-/m1/s1. The molecule has 0 amide bonds. The van der Waals surface area contributed by atoms with Crippen LogP contribution in [0, 0.1) is 10.1 Å². The van der Waals surface area contributed by atoms with Gasteiger partial charge in [-0.25, -0.2) is 0 Å². The van der Waals surface area contributed by atoms with E-state index in [0.717, 1.165) is 11.1 Å². The van der Waals surface area contributed by atoms with E-state index in [1.54, 1.807) is 4.57 Å². The van der Waals surface area contributed by atoms with Crippen molar-refractivity contribution < 1.29 is 14.4 Å². The van der Waals surface area contributed by atoms with Crippen molar-refractivity contribution >= 4 is 5.82 Å². The Morgan fingerprint density at radius 2 is 1.88 bits per heavy atom. The van der Waals surface area contributed by atoms with Gasteiger partial charge in [0.1, 0.15) is 18.9 Å². The van der Waals surface area contributed by atoms with Gasteiger partial charge in [0, 0.05) is 4.98 Å². The third-order valence-corrected chi connectivity index (χ3v) is 4.26. The first kappa shape index (κ1) is 16.3. The average molecular weight is 351 g/mol. The number of imidazole rings is 1. The first-order valence-corrected chi connectivity index (χ1v) is 8.29. The van der Waals surface area contributed by atoms with Gasteiger partial charge in [-0.2, -0.15) is 0 Å². The summed E-state index contributed by atoms with van der Waals surface area (Å²) in [6.45, 7) is 1.27. The fourth-order valence-corrected chi connectivity index (χ4v) is 2.90. The largest absolute Gasteiger partial charge is 0.443 e. The Hall–Kier alpha value is -3.19. The maximum Gasteiger partial charge on any atom is 0.414 e. The molecule has 0 N–H and O–H groups in total. The molecular weight excluding hydrogens is 334 g/mol. The molecule has 132 valence electrons. The summed E-state index contributed by atoms with van der Waals surface area (Å²) in [5.74, 6) is -0.211. The van der Waals surface area contributed by atoms with Crippen LogP contribution in [0.4, 0.5) is 5.82 Å². The molecular formula is C19H17N3O4. The Morgan fingerprint density at radius 3 is 2.62 bits per heavy atom. The number of hydrogen-bond acceptors (Lipinski definition) is 5. The van der Waals surface area contributed by atoms with E-state index in [0.29, 0.717) is 19.8 Å². The van der Waals surface area contributed by atoms with Gasteiger partial charge in [-0.05, 0) is 21.6 Å². The third-order valence-electron chi connectivity index (χ3n) is 4.26. The predicted molar refractivity (Wildman–Crippen MR) is 94.8 cm³/mol. The van der Waals surface area contributed by atoms with Gasteiger partial charge in [-0.15, -0.1) is 0 Å². The minimum atomic E-state index is -0.529. The van der Waals surface area contributed by atoms with Gasteiger partial charge in [0.2, 0.25) is 0 Å². The Morgan fingerprint density at radius 1 is 1.15 bits per heavy atom. The first-order valence-electron chi connectivity index (χ1n) is 8.29. The molecule has 0 unspecified atom stereocenters. The highest BCUT2D eigenvalue weighted by molar-refractivity contribution is 5.63. The normalized spacial score (nSPS) is 15.9. The number of benzene rings is 2. The van der Waals surface area contributed by atoms with Crippen LogP contribution in [0.15, 0.2) is 60.8 Å². The second kappa shape index (κ2) is 6.97. The van der Waals surface area contributed by atoms with E-state index in [-0.39, 0.29) is 17.9 Å². The highest BCUT2D eigenvalue weighted by Gasteiger charge is 2.28. The van der Waals surface area contributed by atoms with E-state index < -0.39 is 4.92 Å². The molecule has 2 aromatic carbocycles. The van der Waals surface area contributed by atoms with Crippen molar-refractivity contribution in [2.24, 2.45) is 0 Å². The zero-order valence-electron chi connectivity index (χ0n) is 13.9. The maximum absolute atomic E-state index is 10.8. The third kappa shape index (κ3) is 3.43. The number of aromatic nitrogens is 2. The second-order valence-corrected chi connectivity index (χ2v) is 6.10. The molecule has 2 heterocycles. The average Bonchev–Trinajstić information content (AvgIpc) is 3.11. The van der Waals surface area contributed by atoms with E-state index in [1.807, 2.05) is 30.3 Å². The van der Waals surface area contributed by atoms with E-state index in [2.05, 4.69) is 29.2 Å². The van der Waals surface area contributed by atoms with Gasteiger partial charge in [-0.3, -0.25) is 4.57 Å². The number of hydrogen-bond donors (Lipinski definition) is 0. The Labute approximate surface area is 150 Å². The zero-order chi connectivity index (χ0) is 17.9. The molecule has 0 saturated heterocycles. The molecule has 0 spiro atoms. The second-order valence-electron chi connectivity index (χ2n) is 6.10. The summed E-state index contributed by atoms with van der Waals surface area (Å²) in [6, 6.07) is 18.7. The molecule has 7 heteroatoms. The van der Waals surface area contributed by atoms with Crippen LogP contribution in [0.25, 0.3) is 11.1 Å². The maximum atomic E-state index is 10.8. The molecule has 7 nitrogen and oxygen atoms in total. The molecule has 3 aromatic rings. The lowest BCUT2D eigenvalue weighted by atomic mass is 10.0. The quantitative estimate of drug-likeness (QED) is 0.520. The monoisotopic (exact) mass is 351 g/mol. The fraction of sp³-hybridized carbons (Fsp3) is 0.211. The lowest BCUT2D eigenvalue weighted by Crippen LogP contribution is -2.32. The van der Waals surface area contributed by atoms with Crippen LogP contribution in [0.5, 0.6) is 6.01 Å². The summed E-state index contributed by atoms with van der Waals surface area (Å²) in [4.78, 5) is 14.1. The van der Waals surface area contributed by atoms with E-state index in [9.17, 15) is 10.1 Å². The molecule has 4 rings (SSSR count). The van der Waals surface area contributed by atoms with Gasteiger partial charge in [0.25, 0.3) is 0 Å². The van der Waals surface area contributed by atoms with Crippen LogP contribution in [0.2, 0.25) is 0 Å². The van der Waals surface area contributed by atoms with Crippen LogP contribution in [0.1, 0.15) is 5.56 Å². The molecule has 0 radical (unpaired) electrons. The van der Waals surface area contributed by atoms with Crippen LogP contribution < -0.4 is 4.74 Å². The van der Waals surface area contributed by atoms with E-state index in [1.165, 1.54) is 11.8 Å². The van der Waals surface area contributed by atoms with Crippen molar-refractivity contribution in [3.05, 3.63) is 76.5 Å². The predicted octanol–water partition coefficient (Wildman–Crippen LogP) is 3.44. The highest BCUT2D eigenvalue weighted by Crippen LogP contribution is 2.23. The van der Waals surface area contributed by atoms with Gasteiger partial charge in [0.05, 0.1) is 13.2 Å². The van der Waals surface area contributed by atoms with Crippen molar-refractivity contribution in [3.63, 3.8) is 0 Å². The minimum absolute atomic E-state index is 0.176. The minimum Gasteiger partial charge on any atom is -0.443 e. The van der Waals surface area contributed by atoms with Crippen molar-refractivity contribution in [2.45, 2.75) is 19.3 Å². The number of nitrogens with zero attached hydrogens (tertiary/aromatic N) is 3. The lowest BCUT2D eigenvalue weighted by molar-refractivity contribution is -0.389. The summed E-state index contributed by atoms with van der Waals surface area (Å²) < 4.78 is 13.0. The van der Waals surface area contributed by atoms with Crippen LogP contribution in [0.3, 0.4) is 0 Å². The number of fused-ring (bicyclic) bond motifs is 1. The zero-order valence-corrected chi connectivity index (χ0v) is 13.9. The van der Waals surface area contributed by atoms with Gasteiger partial charge in [-0.1, -0.05) is 54.6 Å². The number of rotatable bonds is 5. The van der Waals surface area contributed by atoms with Crippen molar-refractivity contribution in [2.75, 3.05) is 6.61 Å².